The van der Waals surface area contributed by atoms with E-state index in [4.69, 9.17) is 10.3 Å². The van der Waals surface area contributed by atoms with Crippen LogP contribution >= 0.6 is 0 Å². The number of carbonyl (C=O) groups is 2. The van der Waals surface area contributed by atoms with Crippen molar-refractivity contribution in [2.45, 2.75) is 39.3 Å². The van der Waals surface area contributed by atoms with Crippen LogP contribution in [0.1, 0.15) is 41.6 Å². The van der Waals surface area contributed by atoms with Crippen LogP contribution in [0.4, 0.5) is 0 Å². The summed E-state index contributed by atoms with van der Waals surface area (Å²) < 4.78 is 5.41. The molecule has 7 heteroatoms. The summed E-state index contributed by atoms with van der Waals surface area (Å²) in [5, 5.41) is 2.95. The van der Waals surface area contributed by atoms with Crippen molar-refractivity contribution in [3.05, 3.63) is 23.2 Å². The summed E-state index contributed by atoms with van der Waals surface area (Å²) in [6, 6.07) is 2.00. The molecule has 1 fully saturated rings. The Hall–Kier alpha value is -1.86. The predicted octanol–water partition coefficient (Wildman–Crippen LogP) is 0.292. The first-order chi connectivity index (χ1) is 9.99. The summed E-state index contributed by atoms with van der Waals surface area (Å²) in [7, 11) is 0. The molecule has 4 N–H and O–H groups in total. The van der Waals surface area contributed by atoms with E-state index in [1.165, 1.54) is 0 Å². The van der Waals surface area contributed by atoms with Gasteiger partial charge in [0.2, 0.25) is 5.91 Å². The lowest BCUT2D eigenvalue weighted by atomic mass is 10.0. The minimum Gasteiger partial charge on any atom is -0.456 e. The van der Waals surface area contributed by atoms with Gasteiger partial charge in [0.1, 0.15) is 5.76 Å². The van der Waals surface area contributed by atoms with E-state index in [-0.39, 0.29) is 17.7 Å². The Balaban J connectivity index is 1.90. The third-order valence-corrected chi connectivity index (χ3v) is 3.76. The average Bonchev–Trinajstić information content (AvgIpc) is 2.81. The highest BCUT2D eigenvalue weighted by atomic mass is 16.4. The van der Waals surface area contributed by atoms with Gasteiger partial charge in [-0.2, -0.15) is 0 Å². The highest BCUT2D eigenvalue weighted by Gasteiger charge is 2.21. The second kappa shape index (κ2) is 6.73. The number of nitrogens with two attached hydrogens (primary N) is 1. The van der Waals surface area contributed by atoms with E-state index < -0.39 is 5.91 Å². The summed E-state index contributed by atoms with van der Waals surface area (Å²) >= 11 is 0. The van der Waals surface area contributed by atoms with Crippen LogP contribution in [0.25, 0.3) is 0 Å². The first-order valence-electron chi connectivity index (χ1n) is 7.09. The molecule has 1 aromatic rings. The van der Waals surface area contributed by atoms with Gasteiger partial charge in [-0.15, -0.1) is 0 Å². The molecule has 2 heterocycles. The Kier molecular flexibility index (Phi) is 4.98. The first-order valence-corrected chi connectivity index (χ1v) is 7.09. The van der Waals surface area contributed by atoms with E-state index >= 15 is 0 Å². The largest absolute Gasteiger partial charge is 0.456 e. The summed E-state index contributed by atoms with van der Waals surface area (Å²) in [6.45, 7) is 5.94. The molecule has 0 spiro atoms. The zero-order valence-corrected chi connectivity index (χ0v) is 12.4. The fourth-order valence-corrected chi connectivity index (χ4v) is 2.62. The molecule has 1 saturated heterocycles. The molecule has 0 bridgehead atoms. The second-order valence-corrected chi connectivity index (χ2v) is 5.42. The van der Waals surface area contributed by atoms with Crippen molar-refractivity contribution in [1.82, 2.24) is 15.6 Å². The van der Waals surface area contributed by atoms with Gasteiger partial charge in [-0.3, -0.25) is 19.9 Å². The van der Waals surface area contributed by atoms with E-state index in [1.807, 2.05) is 6.92 Å². The Bertz CT molecular complexity index is 518. The molecule has 1 aliphatic heterocycles. The monoisotopic (exact) mass is 294 g/mol. The van der Waals surface area contributed by atoms with E-state index in [2.05, 4.69) is 15.6 Å². The molecule has 0 radical (unpaired) electrons. The number of piperidine rings is 1. The van der Waals surface area contributed by atoms with Gasteiger partial charge in [-0.1, -0.05) is 0 Å². The fraction of sp³-hybridized carbons (Fsp3) is 0.571. The van der Waals surface area contributed by atoms with Gasteiger partial charge < -0.3 is 9.73 Å². The third-order valence-electron chi connectivity index (χ3n) is 3.76. The van der Waals surface area contributed by atoms with Crippen LogP contribution in [0.15, 0.2) is 10.5 Å². The number of aryl methyl sites for hydroxylation is 1. The number of hydrazine groups is 1. The van der Waals surface area contributed by atoms with E-state index in [9.17, 15) is 9.59 Å². The molecule has 1 aliphatic rings. The van der Waals surface area contributed by atoms with Crippen LogP contribution < -0.4 is 16.6 Å². The number of hydrogen-bond donors (Lipinski definition) is 3. The molecular weight excluding hydrogens is 272 g/mol. The fourth-order valence-electron chi connectivity index (χ4n) is 2.62. The first kappa shape index (κ1) is 15.5. The number of amides is 2. The number of likely N-dealkylation sites (tertiary alicyclic amines) is 1. The van der Waals surface area contributed by atoms with Crippen molar-refractivity contribution in [2.75, 3.05) is 13.1 Å². The SMILES string of the molecule is CC(=O)NC1CCN(Cc2cc(C(=O)NN)oc2C)CC1. The summed E-state index contributed by atoms with van der Waals surface area (Å²) in [4.78, 5) is 24.8. The van der Waals surface area contributed by atoms with E-state index in [0.29, 0.717) is 0 Å². The topological polar surface area (TPSA) is 101 Å². The highest BCUT2D eigenvalue weighted by molar-refractivity contribution is 5.91. The molecule has 2 rings (SSSR count). The van der Waals surface area contributed by atoms with Gasteiger partial charge in [-0.05, 0) is 25.8 Å². The van der Waals surface area contributed by atoms with Gasteiger partial charge in [0.05, 0.1) is 0 Å². The molecule has 2 amide bonds. The normalized spacial score (nSPS) is 16.7. The average molecular weight is 294 g/mol. The van der Waals surface area contributed by atoms with Crippen molar-refractivity contribution in [3.8, 4) is 0 Å². The predicted molar refractivity (Wildman–Crippen MR) is 77.2 cm³/mol. The number of hydrogen-bond acceptors (Lipinski definition) is 5. The molecule has 0 unspecified atom stereocenters. The van der Waals surface area contributed by atoms with Crippen LogP contribution in [-0.4, -0.2) is 35.8 Å². The Morgan fingerprint density at radius 2 is 2.10 bits per heavy atom. The number of furan rings is 1. The second-order valence-electron chi connectivity index (χ2n) is 5.42. The van der Waals surface area contributed by atoms with Crippen molar-refractivity contribution in [3.63, 3.8) is 0 Å². The maximum absolute atomic E-state index is 11.4. The maximum atomic E-state index is 11.4. The van der Waals surface area contributed by atoms with Crippen LogP contribution in [-0.2, 0) is 11.3 Å². The highest BCUT2D eigenvalue weighted by Crippen LogP contribution is 2.19. The number of rotatable bonds is 4. The molecular formula is C14H22N4O3. The molecule has 0 aromatic carbocycles. The minimum absolute atomic E-state index is 0.0246. The van der Waals surface area contributed by atoms with Crippen LogP contribution in [0.3, 0.4) is 0 Å². The third kappa shape index (κ3) is 4.05. The Labute approximate surface area is 123 Å². The molecule has 116 valence electrons. The van der Waals surface area contributed by atoms with E-state index in [0.717, 1.165) is 43.8 Å². The lowest BCUT2D eigenvalue weighted by molar-refractivity contribution is -0.119. The summed E-state index contributed by atoms with van der Waals surface area (Å²) in [5.74, 6) is 5.67. The van der Waals surface area contributed by atoms with Crippen molar-refractivity contribution >= 4 is 11.8 Å². The van der Waals surface area contributed by atoms with Gasteiger partial charge in [0.15, 0.2) is 5.76 Å². The molecule has 0 aliphatic carbocycles. The number of carbonyl (C=O) groups excluding carboxylic acids is 2. The van der Waals surface area contributed by atoms with Crippen LogP contribution in [0.5, 0.6) is 0 Å². The maximum Gasteiger partial charge on any atom is 0.300 e. The molecule has 7 nitrogen and oxygen atoms in total. The summed E-state index contributed by atoms with van der Waals surface area (Å²) in [5.41, 5.74) is 3.06. The van der Waals surface area contributed by atoms with E-state index in [1.54, 1.807) is 13.0 Å². The number of nitrogens with one attached hydrogen (secondary N) is 2. The Morgan fingerprint density at radius 3 is 2.67 bits per heavy atom. The standard InChI is InChI=1S/C14H22N4O3/c1-9-11(7-13(21-9)14(20)17-15)8-18-5-3-12(4-6-18)16-10(2)19/h7,12H,3-6,8,15H2,1-2H3,(H,16,19)(H,17,20). The van der Waals surface area contributed by atoms with Gasteiger partial charge in [0, 0.05) is 38.2 Å². The van der Waals surface area contributed by atoms with Gasteiger partial charge >= 0.3 is 5.91 Å². The van der Waals surface area contributed by atoms with Gasteiger partial charge in [-0.25, -0.2) is 5.84 Å². The van der Waals surface area contributed by atoms with Crippen LogP contribution in [0.2, 0.25) is 0 Å². The minimum atomic E-state index is -0.422. The lowest BCUT2D eigenvalue weighted by Crippen LogP contribution is -2.43. The quantitative estimate of drug-likeness (QED) is 0.421. The van der Waals surface area contributed by atoms with Crippen molar-refractivity contribution < 1.29 is 14.0 Å². The molecule has 1 aromatic heterocycles. The Morgan fingerprint density at radius 1 is 1.43 bits per heavy atom. The number of nitrogen functional groups attached to an aromatic ring is 1. The van der Waals surface area contributed by atoms with Crippen LogP contribution in [0, 0.1) is 6.92 Å². The molecule has 0 saturated carbocycles. The summed E-state index contributed by atoms with van der Waals surface area (Å²) in [6.07, 6.45) is 1.87. The lowest BCUT2D eigenvalue weighted by Gasteiger charge is -2.31. The van der Waals surface area contributed by atoms with Crippen molar-refractivity contribution in [1.29, 1.82) is 0 Å². The molecule has 21 heavy (non-hydrogen) atoms. The van der Waals surface area contributed by atoms with Crippen molar-refractivity contribution in [2.24, 2.45) is 5.84 Å². The zero-order chi connectivity index (χ0) is 15.4. The molecule has 0 atom stereocenters. The number of nitrogens with zero attached hydrogens (tertiary/aromatic N) is 1. The van der Waals surface area contributed by atoms with Gasteiger partial charge in [0.25, 0.3) is 0 Å². The smallest absolute Gasteiger partial charge is 0.300 e. The zero-order valence-electron chi connectivity index (χ0n) is 12.4.